The molecule has 4 aromatic carbocycles. The third-order valence-corrected chi connectivity index (χ3v) is 15.9. The molecule has 54 heavy (non-hydrogen) atoms. The second kappa shape index (κ2) is 10.9. The average Bonchev–Trinajstić information content (AvgIpc) is 3.37. The van der Waals surface area contributed by atoms with Crippen LogP contribution in [-0.2, 0) is 37.9 Å². The lowest BCUT2D eigenvalue weighted by Crippen LogP contribution is -2.71. The van der Waals surface area contributed by atoms with E-state index in [-0.39, 0.29) is 27.3 Å². The fraction of sp³-hybridized carbons (Fsp3) is 0.325. The zero-order valence-electron chi connectivity index (χ0n) is 28.8. The highest BCUT2D eigenvalue weighted by Crippen LogP contribution is 2.88. The monoisotopic (exact) mass is 782 g/mol. The first-order chi connectivity index (χ1) is 25.3. The lowest BCUT2D eigenvalue weighted by atomic mass is 9.34. The number of fused-ring (bicyclic) bond motifs is 6. The van der Waals surface area contributed by atoms with Crippen molar-refractivity contribution in [1.82, 2.24) is 4.31 Å². The highest BCUT2D eigenvalue weighted by Gasteiger charge is 2.83. The van der Waals surface area contributed by atoms with Crippen molar-refractivity contribution in [2.75, 3.05) is 0 Å². The molecule has 5 aliphatic rings. The van der Waals surface area contributed by atoms with Crippen LogP contribution in [0.3, 0.4) is 0 Å². The van der Waals surface area contributed by atoms with E-state index in [1.165, 1.54) is 42.6 Å². The molecule has 0 amide bonds. The van der Waals surface area contributed by atoms with Gasteiger partial charge in [0.15, 0.2) is 0 Å². The molecule has 0 radical (unpaired) electrons. The van der Waals surface area contributed by atoms with E-state index in [4.69, 9.17) is 0 Å². The molecule has 1 heterocycles. The van der Waals surface area contributed by atoms with E-state index >= 15 is 8.42 Å². The van der Waals surface area contributed by atoms with Gasteiger partial charge >= 0.3 is 12.4 Å². The normalized spacial score (nSPS) is 28.2. The molecule has 280 valence electrons. The number of allylic oxidation sites excluding steroid dienone is 1. The molecule has 2 spiro atoms. The van der Waals surface area contributed by atoms with Crippen LogP contribution in [0.2, 0.25) is 0 Å². The highest BCUT2D eigenvalue weighted by atomic mass is 32.2. The smallest absolute Gasteiger partial charge is 0.256 e. The van der Waals surface area contributed by atoms with Crippen molar-refractivity contribution < 1.29 is 43.2 Å². The summed E-state index contributed by atoms with van der Waals surface area (Å²) in [4.78, 5) is -0.427. The van der Waals surface area contributed by atoms with Gasteiger partial charge in [-0.25, -0.2) is 8.42 Å². The van der Waals surface area contributed by atoms with Gasteiger partial charge in [-0.1, -0.05) is 47.5 Å². The molecular weight excluding hydrogens is 751 g/mol. The summed E-state index contributed by atoms with van der Waals surface area (Å²) in [6.07, 6.45) is -5.64. The minimum absolute atomic E-state index is 0.0411. The molecule has 0 bridgehead atoms. The lowest BCUT2D eigenvalue weighted by Gasteiger charge is -2.72. The van der Waals surface area contributed by atoms with E-state index < -0.39 is 71.7 Å². The minimum Gasteiger partial charge on any atom is -0.256 e. The van der Waals surface area contributed by atoms with Crippen LogP contribution in [-0.4, -0.2) is 27.4 Å². The van der Waals surface area contributed by atoms with Crippen molar-refractivity contribution in [1.29, 1.82) is 0 Å². The number of hydrogen-bond acceptors (Lipinski definition) is 4. The molecule has 0 N–H and O–H groups in total. The molecule has 0 saturated heterocycles. The molecule has 0 unspecified atom stereocenters. The number of aryl methyl sites for hydroxylation is 2. The van der Waals surface area contributed by atoms with Crippen LogP contribution in [0.4, 0.5) is 26.3 Å². The summed E-state index contributed by atoms with van der Waals surface area (Å²) in [5.74, 6) is -0.965. The highest BCUT2D eigenvalue weighted by molar-refractivity contribution is 7.90. The number of benzene rings is 4. The van der Waals surface area contributed by atoms with Gasteiger partial charge in [0.1, 0.15) is 5.54 Å². The molecule has 0 aromatic heterocycles. The van der Waals surface area contributed by atoms with Gasteiger partial charge in [-0.15, -0.1) is 0 Å². The fourth-order valence-electron chi connectivity index (χ4n) is 10.5. The van der Waals surface area contributed by atoms with Gasteiger partial charge < -0.3 is 0 Å². The zero-order chi connectivity index (χ0) is 38.4. The summed E-state index contributed by atoms with van der Waals surface area (Å²) in [5, 5.41) is 0. The Bertz CT molecular complexity index is 2570. The van der Waals surface area contributed by atoms with Gasteiger partial charge in [0, 0.05) is 23.2 Å². The maximum Gasteiger partial charge on any atom is 0.416 e. The molecule has 2 fully saturated rings. The molecule has 4 aliphatic carbocycles. The van der Waals surface area contributed by atoms with Crippen molar-refractivity contribution in [2.24, 2.45) is 15.2 Å². The van der Waals surface area contributed by atoms with Crippen LogP contribution in [0.1, 0.15) is 82.0 Å². The summed E-state index contributed by atoms with van der Waals surface area (Å²) in [7, 11) is -9.33. The topological polar surface area (TPSA) is 83.9 Å². The molecule has 5 atom stereocenters. The quantitative estimate of drug-likeness (QED) is 0.149. The van der Waals surface area contributed by atoms with E-state index in [1.54, 1.807) is 38.1 Å². The molecule has 9 rings (SSSR count). The largest absolute Gasteiger partial charge is 0.416 e. The number of alkyl halides is 6. The van der Waals surface area contributed by atoms with Crippen molar-refractivity contribution in [2.45, 2.75) is 79.0 Å². The molecule has 1 aliphatic heterocycles. The average molecular weight is 783 g/mol. The maximum atomic E-state index is 15.2. The Labute approximate surface area is 308 Å². The standard InChI is InChI=1S/C40H32F6N2O4S2/c1-23-3-9-27(10-4-23)53(49,50)47-22-38-34-20-26(40(44,45)46)8-14-30(34)33-16-18-37(33,38)36-17-15-32(36)29-13-7-25(39(41,42)43)19-31(29)35(36)21-48(38)54(51,52)28-11-5-24(2)6-12-28/h3-14,19-22,32-33H,15-18H2,1-2H3/b47-22-/t32-,33+,36+,37+,38+/m1/s1. The Hall–Kier alpha value is -4.43. The van der Waals surface area contributed by atoms with Crippen LogP contribution < -0.4 is 0 Å². The number of rotatable bonds is 5. The third-order valence-electron chi connectivity index (χ3n) is 12.9. The van der Waals surface area contributed by atoms with E-state index in [0.717, 1.165) is 45.9 Å². The van der Waals surface area contributed by atoms with Crippen molar-refractivity contribution in [3.63, 3.8) is 0 Å². The summed E-state index contributed by atoms with van der Waals surface area (Å²) < 4.78 is 150. The van der Waals surface area contributed by atoms with Crippen molar-refractivity contribution in [3.8, 4) is 0 Å². The number of sulfonamides is 2. The Kier molecular flexibility index (Phi) is 7.10. The summed E-state index contributed by atoms with van der Waals surface area (Å²) in [6.45, 7) is 3.51. The second-order valence-corrected chi connectivity index (χ2v) is 18.6. The molecule has 14 heteroatoms. The molecule has 4 aromatic rings. The maximum absolute atomic E-state index is 15.2. The SMILES string of the molecule is Cc1ccc(S(=O)(=O)/N=C\[C@]23c4cc(C(F)(F)F)ccc4[C@@H]4CC[C@@]42[C@@]24CC[C@@H]2c2ccc(C(F)(F)F)cc2C4=CN3S(=O)(=O)c2ccc(C)cc2)cc1. The number of nitrogens with zero attached hydrogens (tertiary/aromatic N) is 2. The predicted octanol–water partition coefficient (Wildman–Crippen LogP) is 9.50. The van der Waals surface area contributed by atoms with E-state index in [2.05, 4.69) is 4.40 Å². The van der Waals surface area contributed by atoms with Gasteiger partial charge in [0.05, 0.1) is 20.9 Å². The second-order valence-electron chi connectivity index (χ2n) is 15.2. The van der Waals surface area contributed by atoms with E-state index in [0.29, 0.717) is 36.0 Å². The first-order valence-corrected chi connectivity index (χ1v) is 20.3. The molecular formula is C40H32F6N2O4S2. The summed E-state index contributed by atoms with van der Waals surface area (Å²) >= 11 is 0. The van der Waals surface area contributed by atoms with Gasteiger partial charge in [-0.2, -0.15) is 39.2 Å². The van der Waals surface area contributed by atoms with Crippen LogP contribution in [0.5, 0.6) is 0 Å². The van der Waals surface area contributed by atoms with Crippen LogP contribution in [0.15, 0.2) is 105 Å². The summed E-state index contributed by atoms with van der Waals surface area (Å²) in [5.41, 5.74) is -3.39. The Balaban J connectivity index is 1.41. The van der Waals surface area contributed by atoms with Gasteiger partial charge in [0.25, 0.3) is 20.0 Å². The molecule has 6 nitrogen and oxygen atoms in total. The van der Waals surface area contributed by atoms with Gasteiger partial charge in [-0.3, -0.25) is 4.31 Å². The first-order valence-electron chi connectivity index (χ1n) is 17.4. The Morgan fingerprint density at radius 2 is 1.26 bits per heavy atom. The summed E-state index contributed by atoms with van der Waals surface area (Å²) in [6, 6.07) is 18.3. The van der Waals surface area contributed by atoms with E-state index in [9.17, 15) is 34.8 Å². The van der Waals surface area contributed by atoms with Gasteiger partial charge in [-0.05, 0) is 128 Å². The van der Waals surface area contributed by atoms with E-state index in [1.807, 2.05) is 0 Å². The van der Waals surface area contributed by atoms with Crippen molar-refractivity contribution in [3.05, 3.63) is 136 Å². The fourth-order valence-corrected chi connectivity index (χ4v) is 13.0. The van der Waals surface area contributed by atoms with Crippen LogP contribution in [0, 0.1) is 24.7 Å². The Morgan fingerprint density at radius 3 is 1.80 bits per heavy atom. The predicted molar refractivity (Wildman–Crippen MR) is 188 cm³/mol. The zero-order valence-corrected chi connectivity index (χ0v) is 30.5. The lowest BCUT2D eigenvalue weighted by molar-refractivity contribution is -0.141. The molecule has 2 saturated carbocycles. The van der Waals surface area contributed by atoms with Crippen molar-refractivity contribution >= 4 is 31.8 Å². The number of hydrogen-bond donors (Lipinski definition) is 0. The first kappa shape index (κ1) is 35.3. The number of halogens is 6. The third kappa shape index (κ3) is 4.32. The van der Waals surface area contributed by atoms with Crippen LogP contribution >= 0.6 is 0 Å². The minimum atomic E-state index is -4.85. The Morgan fingerprint density at radius 1 is 0.704 bits per heavy atom. The van der Waals surface area contributed by atoms with Gasteiger partial charge in [0.2, 0.25) is 0 Å². The van der Waals surface area contributed by atoms with Crippen LogP contribution in [0.25, 0.3) is 5.57 Å².